The first-order valence-corrected chi connectivity index (χ1v) is 11.3. The molecule has 1 aromatic carbocycles. The quantitative estimate of drug-likeness (QED) is 0.197. The first-order chi connectivity index (χ1) is 16.9. The number of ketones is 2. The van der Waals surface area contributed by atoms with Crippen molar-refractivity contribution in [2.45, 2.75) is 24.5 Å². The van der Waals surface area contributed by atoms with Crippen LogP contribution in [0.4, 0.5) is 5.69 Å². The van der Waals surface area contributed by atoms with E-state index in [1.165, 1.54) is 25.1 Å². The predicted molar refractivity (Wildman–Crippen MR) is 127 cm³/mol. The monoisotopic (exact) mass is 500 g/mol. The number of aliphatic hydroxyl groups is 3. The number of amides is 2. The molecule has 0 aliphatic heterocycles. The van der Waals surface area contributed by atoms with E-state index in [2.05, 4.69) is 10.6 Å². The molecule has 3 aliphatic rings. The van der Waals surface area contributed by atoms with E-state index < -0.39 is 69.7 Å². The van der Waals surface area contributed by atoms with Crippen molar-refractivity contribution in [3.05, 3.63) is 40.2 Å². The third-order valence-corrected chi connectivity index (χ3v) is 7.20. The van der Waals surface area contributed by atoms with Gasteiger partial charge < -0.3 is 36.8 Å². The number of anilines is 1. The topological polar surface area (TPSA) is 203 Å². The fourth-order valence-corrected chi connectivity index (χ4v) is 5.67. The number of nitrogens with zero attached hydrogens (tertiary/aromatic N) is 1. The molecule has 0 spiro atoms. The van der Waals surface area contributed by atoms with E-state index in [9.17, 15) is 39.6 Å². The Bertz CT molecular complexity index is 1270. The van der Waals surface area contributed by atoms with Crippen LogP contribution in [0, 0.1) is 11.8 Å². The van der Waals surface area contributed by atoms with E-state index >= 15 is 0 Å². The van der Waals surface area contributed by atoms with E-state index in [0.29, 0.717) is 5.56 Å². The van der Waals surface area contributed by atoms with E-state index in [-0.39, 0.29) is 36.2 Å². The number of hydrogen-bond donors (Lipinski definition) is 7. The molecule has 0 radical (unpaired) electrons. The van der Waals surface area contributed by atoms with E-state index in [1.54, 1.807) is 13.1 Å². The number of likely N-dealkylation sites (N-methyl/N-ethyl adjacent to an activating group) is 2. The summed E-state index contributed by atoms with van der Waals surface area (Å²) >= 11 is 0. The summed E-state index contributed by atoms with van der Waals surface area (Å²) in [5.74, 6) is -7.66. The number of phenols is 1. The molecule has 1 fully saturated rings. The van der Waals surface area contributed by atoms with Crippen LogP contribution in [-0.4, -0.2) is 88.0 Å². The van der Waals surface area contributed by atoms with E-state index in [1.807, 2.05) is 0 Å². The van der Waals surface area contributed by atoms with Crippen molar-refractivity contribution >= 4 is 34.8 Å². The molecule has 0 bridgehead atoms. The zero-order chi connectivity index (χ0) is 26.7. The molecule has 12 nitrogen and oxygen atoms in total. The summed E-state index contributed by atoms with van der Waals surface area (Å²) in [5.41, 5.74) is 1.90. The van der Waals surface area contributed by atoms with Crippen LogP contribution < -0.4 is 16.4 Å². The Morgan fingerprint density at radius 3 is 2.44 bits per heavy atom. The normalized spacial score (nSPS) is 27.5. The van der Waals surface area contributed by atoms with Gasteiger partial charge in [-0.05, 0) is 51.5 Å². The highest BCUT2D eigenvalue weighted by atomic mass is 16.3. The van der Waals surface area contributed by atoms with Gasteiger partial charge in [0.2, 0.25) is 11.7 Å². The van der Waals surface area contributed by atoms with Crippen molar-refractivity contribution in [2.24, 2.45) is 17.6 Å². The minimum Gasteiger partial charge on any atom is -0.508 e. The van der Waals surface area contributed by atoms with Crippen molar-refractivity contribution in [2.75, 3.05) is 33.0 Å². The van der Waals surface area contributed by atoms with Gasteiger partial charge in [0, 0.05) is 11.5 Å². The number of aromatic hydroxyl groups is 1. The molecule has 0 aromatic heterocycles. The number of carbonyl (C=O) groups is 4. The van der Waals surface area contributed by atoms with Crippen LogP contribution in [0.2, 0.25) is 0 Å². The lowest BCUT2D eigenvalue weighted by molar-refractivity contribution is -0.153. The third kappa shape index (κ3) is 3.48. The minimum absolute atomic E-state index is 0.00712. The second-order valence-corrected chi connectivity index (χ2v) is 9.54. The van der Waals surface area contributed by atoms with Crippen LogP contribution in [0.1, 0.15) is 17.5 Å². The van der Waals surface area contributed by atoms with Gasteiger partial charge in [-0.15, -0.1) is 0 Å². The first-order valence-electron chi connectivity index (χ1n) is 11.3. The summed E-state index contributed by atoms with van der Waals surface area (Å²) in [5, 5.41) is 49.6. The number of hydrogen-bond acceptors (Lipinski definition) is 10. The minimum atomic E-state index is -2.70. The van der Waals surface area contributed by atoms with Gasteiger partial charge in [-0.2, -0.15) is 0 Å². The number of Topliss-reactive ketones (excluding diaryl/α,β-unsaturated/α-hetero) is 2. The Balaban J connectivity index is 1.88. The molecule has 1 aromatic rings. The molecule has 3 unspecified atom stereocenters. The van der Waals surface area contributed by atoms with Crippen molar-refractivity contribution in [3.63, 3.8) is 0 Å². The second kappa shape index (κ2) is 8.73. The smallest absolute Gasteiger partial charge is 0.255 e. The molecular formula is C24H28N4O8. The number of phenolic OH excluding ortho intramolecular Hbond substituents is 1. The molecule has 0 saturated heterocycles. The SMILES string of the molecule is CNCC(=O)Nc1ccc2c(c1O)C(O)=C1C(=O)C3(O)C(O)=C(C(N)=O)C(=O)[C@@H](N(C)C)C3CC1C2. The Morgan fingerprint density at radius 1 is 1.19 bits per heavy atom. The fourth-order valence-electron chi connectivity index (χ4n) is 5.67. The largest absolute Gasteiger partial charge is 0.508 e. The molecule has 3 aliphatic carbocycles. The number of primary amides is 1. The van der Waals surface area contributed by atoms with Crippen LogP contribution in [0.25, 0.3) is 5.76 Å². The summed E-state index contributed by atoms with van der Waals surface area (Å²) in [7, 11) is 4.65. The molecule has 192 valence electrons. The lowest BCUT2D eigenvalue weighted by Crippen LogP contribution is -2.65. The Morgan fingerprint density at radius 2 is 1.86 bits per heavy atom. The van der Waals surface area contributed by atoms with Crippen LogP contribution in [0.3, 0.4) is 0 Å². The van der Waals surface area contributed by atoms with Gasteiger partial charge in [0.05, 0.1) is 23.8 Å². The number of carbonyl (C=O) groups excluding carboxylic acids is 4. The fraction of sp³-hybridized carbons (Fsp3) is 0.417. The van der Waals surface area contributed by atoms with Crippen molar-refractivity contribution < 1.29 is 39.6 Å². The average molecular weight is 501 g/mol. The summed E-state index contributed by atoms with van der Waals surface area (Å²) in [6.07, 6.45) is 0.181. The Hall–Kier alpha value is -3.74. The lowest BCUT2D eigenvalue weighted by Gasteiger charge is -2.50. The first kappa shape index (κ1) is 25.4. The summed E-state index contributed by atoms with van der Waals surface area (Å²) < 4.78 is 0. The van der Waals surface area contributed by atoms with Gasteiger partial charge in [-0.3, -0.25) is 24.1 Å². The maximum atomic E-state index is 13.7. The molecule has 2 amide bonds. The van der Waals surface area contributed by atoms with Crippen molar-refractivity contribution in [3.8, 4) is 5.75 Å². The van der Waals surface area contributed by atoms with Crippen LogP contribution in [0.15, 0.2) is 29.0 Å². The maximum Gasteiger partial charge on any atom is 0.255 e. The number of nitrogens with two attached hydrogens (primary N) is 1. The maximum absolute atomic E-state index is 13.7. The van der Waals surface area contributed by atoms with E-state index in [0.717, 1.165) is 0 Å². The highest BCUT2D eigenvalue weighted by Gasteiger charge is 2.64. The zero-order valence-corrected chi connectivity index (χ0v) is 20.0. The summed E-state index contributed by atoms with van der Waals surface area (Å²) in [6, 6.07) is 1.93. The number of aliphatic hydroxyl groups excluding tert-OH is 2. The Kier molecular flexibility index (Phi) is 6.15. The van der Waals surface area contributed by atoms with Crippen molar-refractivity contribution in [1.29, 1.82) is 0 Å². The van der Waals surface area contributed by atoms with Gasteiger partial charge in [-0.1, -0.05) is 6.07 Å². The van der Waals surface area contributed by atoms with Gasteiger partial charge in [-0.25, -0.2) is 0 Å². The average Bonchev–Trinajstić information content (AvgIpc) is 2.78. The molecule has 12 heteroatoms. The van der Waals surface area contributed by atoms with Gasteiger partial charge in [0.15, 0.2) is 11.4 Å². The van der Waals surface area contributed by atoms with Gasteiger partial charge in [0.1, 0.15) is 22.8 Å². The highest BCUT2D eigenvalue weighted by molar-refractivity contribution is 6.24. The van der Waals surface area contributed by atoms with Gasteiger partial charge in [0.25, 0.3) is 5.91 Å². The molecule has 1 saturated carbocycles. The number of nitrogens with one attached hydrogen (secondary N) is 2. The lowest BCUT2D eigenvalue weighted by atomic mass is 9.57. The predicted octanol–water partition coefficient (Wildman–Crippen LogP) is -0.878. The highest BCUT2D eigenvalue weighted by Crippen LogP contribution is 2.53. The number of benzene rings is 1. The second-order valence-electron chi connectivity index (χ2n) is 9.54. The summed E-state index contributed by atoms with van der Waals surface area (Å²) in [6.45, 7) is -0.0296. The van der Waals surface area contributed by atoms with Crippen molar-refractivity contribution in [1.82, 2.24) is 10.2 Å². The van der Waals surface area contributed by atoms with Crippen LogP contribution >= 0.6 is 0 Å². The van der Waals surface area contributed by atoms with E-state index in [4.69, 9.17) is 5.73 Å². The van der Waals surface area contributed by atoms with Crippen LogP contribution in [-0.2, 0) is 25.6 Å². The number of rotatable bonds is 5. The van der Waals surface area contributed by atoms with Gasteiger partial charge >= 0.3 is 0 Å². The molecule has 36 heavy (non-hydrogen) atoms. The summed E-state index contributed by atoms with van der Waals surface area (Å²) in [4.78, 5) is 52.2. The Labute approximate surface area is 206 Å². The molecular weight excluding hydrogens is 472 g/mol. The molecule has 8 N–H and O–H groups in total. The number of fused-ring (bicyclic) bond motifs is 3. The third-order valence-electron chi connectivity index (χ3n) is 7.20. The zero-order valence-electron chi connectivity index (χ0n) is 20.0. The molecule has 0 heterocycles. The standard InChI is InChI=1S/C24H28N4O8/c1-26-8-13(29)27-12-5-4-9-6-10-7-11-17(28(2)3)20(32)16(23(25)35)22(34)24(11,36)21(33)15(10)19(31)14(9)18(12)30/h4-5,10-11,17,26,30-31,34,36H,6-8H2,1-3H3,(H2,25,35)(H,27,29)/t10?,11?,17-,24?/m0/s1. The van der Waals surface area contributed by atoms with Crippen LogP contribution in [0.5, 0.6) is 5.75 Å². The molecule has 4 atom stereocenters. The molecule has 4 rings (SSSR count).